The minimum atomic E-state index is -0.565. The lowest BCUT2D eigenvalue weighted by Crippen LogP contribution is -2.55. The molecule has 0 radical (unpaired) electrons. The number of hydrogen-bond donors (Lipinski definition) is 2. The van der Waals surface area contributed by atoms with E-state index >= 15 is 0 Å². The van der Waals surface area contributed by atoms with Gasteiger partial charge in [-0.25, -0.2) is 0 Å². The van der Waals surface area contributed by atoms with Crippen LogP contribution in [0.5, 0.6) is 5.75 Å². The van der Waals surface area contributed by atoms with E-state index in [9.17, 15) is 9.59 Å². The first-order valence-corrected chi connectivity index (χ1v) is 11.6. The third-order valence-electron chi connectivity index (χ3n) is 6.62. The minimum absolute atomic E-state index is 0.00943. The molecule has 3 aromatic rings. The summed E-state index contributed by atoms with van der Waals surface area (Å²) in [5.74, 6) is 0.811. The zero-order valence-corrected chi connectivity index (χ0v) is 19.0. The molecule has 0 bridgehead atoms. The summed E-state index contributed by atoms with van der Waals surface area (Å²) in [7, 11) is 0. The molecule has 2 aliphatic rings. The number of rotatable bonds is 6. The van der Waals surface area contributed by atoms with Crippen molar-refractivity contribution in [2.45, 2.75) is 32.4 Å². The van der Waals surface area contributed by atoms with E-state index in [2.05, 4.69) is 33.4 Å². The summed E-state index contributed by atoms with van der Waals surface area (Å²) < 4.78 is 5.61. The summed E-state index contributed by atoms with van der Waals surface area (Å²) >= 11 is 0. The molecule has 2 N–H and O–H groups in total. The van der Waals surface area contributed by atoms with E-state index in [-0.39, 0.29) is 11.8 Å². The van der Waals surface area contributed by atoms with Crippen molar-refractivity contribution in [2.75, 3.05) is 32.8 Å². The Hall–Kier alpha value is -3.32. The van der Waals surface area contributed by atoms with Gasteiger partial charge in [0.15, 0.2) is 0 Å². The van der Waals surface area contributed by atoms with Crippen LogP contribution in [-0.2, 0) is 29.0 Å². The van der Waals surface area contributed by atoms with Crippen LogP contribution in [0.15, 0.2) is 48.7 Å². The first-order chi connectivity index (χ1) is 16.1. The van der Waals surface area contributed by atoms with E-state index in [0.717, 1.165) is 54.9 Å². The van der Waals surface area contributed by atoms with Gasteiger partial charge in [-0.3, -0.25) is 14.5 Å². The predicted octanol–water partition coefficient (Wildman–Crippen LogP) is 2.49. The Bertz CT molecular complexity index is 1160. The number of carbonyl (C=O) groups excluding carboxylic acids is 2. The fourth-order valence-corrected chi connectivity index (χ4v) is 4.91. The first-order valence-electron chi connectivity index (χ1n) is 11.6. The molecule has 0 spiro atoms. The Balaban J connectivity index is 1.21. The molecule has 2 aromatic carbocycles. The Morgan fingerprint density at radius 3 is 2.76 bits per heavy atom. The van der Waals surface area contributed by atoms with Gasteiger partial charge in [-0.15, -0.1) is 0 Å². The maximum Gasteiger partial charge on any atom is 0.245 e. The highest BCUT2D eigenvalue weighted by atomic mass is 16.5. The average molecular weight is 447 g/mol. The third-order valence-corrected chi connectivity index (χ3v) is 6.62. The van der Waals surface area contributed by atoms with Crippen LogP contribution >= 0.6 is 0 Å². The van der Waals surface area contributed by atoms with Gasteiger partial charge in [0, 0.05) is 69.6 Å². The molecule has 7 nitrogen and oxygen atoms in total. The molecule has 0 saturated carbocycles. The minimum Gasteiger partial charge on any atom is -0.493 e. The lowest BCUT2D eigenvalue weighted by atomic mass is 10.0. The number of benzene rings is 2. The number of carbonyl (C=O) groups is 2. The Morgan fingerprint density at radius 2 is 1.94 bits per heavy atom. The van der Waals surface area contributed by atoms with Crippen molar-refractivity contribution in [1.82, 2.24) is 20.1 Å². The zero-order chi connectivity index (χ0) is 22.8. The van der Waals surface area contributed by atoms with Gasteiger partial charge in [0.1, 0.15) is 11.8 Å². The highest BCUT2D eigenvalue weighted by Crippen LogP contribution is 2.26. The van der Waals surface area contributed by atoms with Crippen molar-refractivity contribution < 1.29 is 14.3 Å². The fourth-order valence-electron chi connectivity index (χ4n) is 4.91. The van der Waals surface area contributed by atoms with Crippen molar-refractivity contribution in [3.05, 3.63) is 65.4 Å². The van der Waals surface area contributed by atoms with Crippen LogP contribution in [0.3, 0.4) is 0 Å². The number of amides is 2. The Labute approximate surface area is 193 Å². The van der Waals surface area contributed by atoms with Crippen molar-refractivity contribution >= 4 is 22.7 Å². The largest absolute Gasteiger partial charge is 0.493 e. The molecule has 1 atom stereocenters. The molecule has 0 aliphatic carbocycles. The van der Waals surface area contributed by atoms with E-state index in [1.807, 2.05) is 35.4 Å². The molecule has 33 heavy (non-hydrogen) atoms. The number of hydrogen-bond acceptors (Lipinski definition) is 4. The van der Waals surface area contributed by atoms with Crippen LogP contribution in [0.2, 0.25) is 0 Å². The summed E-state index contributed by atoms with van der Waals surface area (Å²) in [6, 6.07) is 13.9. The number of nitrogens with zero attached hydrogens (tertiary/aromatic N) is 2. The van der Waals surface area contributed by atoms with Crippen molar-refractivity contribution in [3.8, 4) is 5.75 Å². The number of aromatic amines is 1. The smallest absolute Gasteiger partial charge is 0.245 e. The SMILES string of the molecule is CC(=O)N[C@@H](Cc1c[nH]c2ccccc12)C(=O)N1CCN(Cc2ccc3c(c2)CCO3)CC1. The van der Waals surface area contributed by atoms with Gasteiger partial charge in [0.05, 0.1) is 6.61 Å². The summed E-state index contributed by atoms with van der Waals surface area (Å²) in [4.78, 5) is 32.8. The summed E-state index contributed by atoms with van der Waals surface area (Å²) in [5, 5.41) is 3.97. The average Bonchev–Trinajstić information content (AvgIpc) is 3.45. The maximum atomic E-state index is 13.4. The number of aromatic nitrogens is 1. The second kappa shape index (κ2) is 9.27. The molecule has 2 amide bonds. The van der Waals surface area contributed by atoms with Crippen molar-refractivity contribution in [1.29, 1.82) is 0 Å². The predicted molar refractivity (Wildman–Crippen MR) is 127 cm³/mol. The lowest BCUT2D eigenvalue weighted by Gasteiger charge is -2.36. The summed E-state index contributed by atoms with van der Waals surface area (Å²) in [6.45, 7) is 6.08. The fraction of sp³-hybridized carbons (Fsp3) is 0.385. The number of ether oxygens (including phenoxy) is 1. The highest BCUT2D eigenvalue weighted by molar-refractivity contribution is 5.89. The summed E-state index contributed by atoms with van der Waals surface area (Å²) in [5.41, 5.74) is 4.65. The number of para-hydroxylation sites is 1. The van der Waals surface area contributed by atoms with Crippen LogP contribution in [0.4, 0.5) is 0 Å². The van der Waals surface area contributed by atoms with Gasteiger partial charge in [-0.1, -0.05) is 30.3 Å². The van der Waals surface area contributed by atoms with E-state index < -0.39 is 6.04 Å². The van der Waals surface area contributed by atoms with Gasteiger partial charge in [-0.2, -0.15) is 0 Å². The van der Waals surface area contributed by atoms with Crippen molar-refractivity contribution in [2.24, 2.45) is 0 Å². The quantitative estimate of drug-likeness (QED) is 0.610. The van der Waals surface area contributed by atoms with Gasteiger partial charge in [0.2, 0.25) is 11.8 Å². The number of nitrogens with one attached hydrogen (secondary N) is 2. The van der Waals surface area contributed by atoms with E-state index in [4.69, 9.17) is 4.74 Å². The standard InChI is InChI=1S/C26H30N4O3/c1-18(31)28-24(15-21-16-27-23-5-3-2-4-22(21)23)26(32)30-11-9-29(10-12-30)17-19-6-7-25-20(14-19)8-13-33-25/h2-7,14,16,24,27H,8-13,15,17H2,1H3,(H,28,31)/t24-/m0/s1. The normalized spacial score (nSPS) is 16.9. The van der Waals surface area contributed by atoms with E-state index in [0.29, 0.717) is 19.5 Å². The number of H-pyrrole nitrogens is 1. The third kappa shape index (κ3) is 4.73. The van der Waals surface area contributed by atoms with Crippen LogP contribution in [0, 0.1) is 0 Å². The Morgan fingerprint density at radius 1 is 1.12 bits per heavy atom. The van der Waals surface area contributed by atoms with Crippen LogP contribution in [0.1, 0.15) is 23.6 Å². The second-order valence-corrected chi connectivity index (χ2v) is 8.96. The molecular weight excluding hydrogens is 416 g/mol. The van der Waals surface area contributed by atoms with Gasteiger partial charge < -0.3 is 19.9 Å². The summed E-state index contributed by atoms with van der Waals surface area (Å²) in [6.07, 6.45) is 3.39. The van der Waals surface area contributed by atoms with Crippen molar-refractivity contribution in [3.63, 3.8) is 0 Å². The monoisotopic (exact) mass is 446 g/mol. The zero-order valence-electron chi connectivity index (χ0n) is 19.0. The second-order valence-electron chi connectivity index (χ2n) is 8.96. The van der Waals surface area contributed by atoms with Crippen LogP contribution in [-0.4, -0.2) is 65.4 Å². The van der Waals surface area contributed by atoms with Gasteiger partial charge >= 0.3 is 0 Å². The molecular formula is C26H30N4O3. The molecule has 1 saturated heterocycles. The molecule has 1 fully saturated rings. The maximum absolute atomic E-state index is 13.4. The molecule has 0 unspecified atom stereocenters. The molecule has 7 heteroatoms. The highest BCUT2D eigenvalue weighted by Gasteiger charge is 2.29. The molecule has 172 valence electrons. The Kier molecular flexibility index (Phi) is 6.05. The van der Waals surface area contributed by atoms with E-state index in [1.165, 1.54) is 18.1 Å². The molecule has 1 aromatic heterocycles. The lowest BCUT2D eigenvalue weighted by molar-refractivity contribution is -0.137. The van der Waals surface area contributed by atoms with Gasteiger partial charge in [-0.05, 0) is 28.8 Å². The van der Waals surface area contributed by atoms with Crippen LogP contribution < -0.4 is 10.1 Å². The van der Waals surface area contributed by atoms with Gasteiger partial charge in [0.25, 0.3) is 0 Å². The molecule has 3 heterocycles. The van der Waals surface area contributed by atoms with Crippen LogP contribution in [0.25, 0.3) is 10.9 Å². The topological polar surface area (TPSA) is 77.7 Å². The molecule has 5 rings (SSSR count). The number of fused-ring (bicyclic) bond motifs is 2. The first kappa shape index (κ1) is 21.5. The van der Waals surface area contributed by atoms with E-state index in [1.54, 1.807) is 0 Å². The molecule has 2 aliphatic heterocycles. The number of piperazine rings is 1.